The van der Waals surface area contributed by atoms with Crippen LogP contribution in [-0.4, -0.2) is 23.4 Å². The van der Waals surface area contributed by atoms with Gasteiger partial charge in [0.2, 0.25) is 5.91 Å². The first-order chi connectivity index (χ1) is 10.4. The molecule has 2 rings (SSSR count). The molecule has 0 bridgehead atoms. The van der Waals surface area contributed by atoms with E-state index in [-0.39, 0.29) is 18.9 Å². The van der Waals surface area contributed by atoms with Crippen LogP contribution in [0, 0.1) is 0 Å². The molecule has 2 aromatic rings. The van der Waals surface area contributed by atoms with Crippen molar-refractivity contribution in [3.8, 4) is 5.75 Å². The summed E-state index contributed by atoms with van der Waals surface area (Å²) in [5.41, 5.74) is 5.60. The molecule has 0 radical (unpaired) electrons. The van der Waals surface area contributed by atoms with Crippen molar-refractivity contribution in [1.82, 2.24) is 4.98 Å². The van der Waals surface area contributed by atoms with E-state index in [0.29, 0.717) is 26.1 Å². The van der Waals surface area contributed by atoms with Gasteiger partial charge >= 0.3 is 0 Å². The number of aromatic nitrogens is 1. The molecule has 6 nitrogen and oxygen atoms in total. The van der Waals surface area contributed by atoms with Crippen LogP contribution in [0.4, 0.5) is 5.13 Å². The number of rotatable bonds is 6. The van der Waals surface area contributed by atoms with Gasteiger partial charge in [0.1, 0.15) is 5.75 Å². The summed E-state index contributed by atoms with van der Waals surface area (Å²) in [5, 5.41) is 5.20. The molecule has 2 amide bonds. The van der Waals surface area contributed by atoms with E-state index in [1.54, 1.807) is 23.6 Å². The number of nitrogens with zero attached hydrogens (tertiary/aromatic N) is 1. The Balaban J connectivity index is 1.87. The molecule has 0 unspecified atom stereocenters. The SMILES string of the molecule is NC(=O)Cc1csc(NC(=O)COc2ccc(Cl)cc2Br)n1. The summed E-state index contributed by atoms with van der Waals surface area (Å²) < 4.78 is 6.04. The van der Waals surface area contributed by atoms with Gasteiger partial charge in [0.15, 0.2) is 11.7 Å². The number of nitrogens with one attached hydrogen (secondary N) is 1. The third-order valence-corrected chi connectivity index (χ3v) is 4.07. The van der Waals surface area contributed by atoms with Crippen LogP contribution < -0.4 is 15.8 Å². The summed E-state index contributed by atoms with van der Waals surface area (Å²) >= 11 is 10.3. The zero-order chi connectivity index (χ0) is 16.1. The molecule has 0 aliphatic carbocycles. The zero-order valence-corrected chi connectivity index (χ0v) is 14.3. The van der Waals surface area contributed by atoms with Crippen molar-refractivity contribution in [2.45, 2.75) is 6.42 Å². The molecule has 0 aliphatic rings. The predicted octanol–water partition coefficient (Wildman–Crippen LogP) is 2.60. The lowest BCUT2D eigenvalue weighted by atomic mass is 10.3. The number of hydrogen-bond donors (Lipinski definition) is 2. The summed E-state index contributed by atoms with van der Waals surface area (Å²) in [5.74, 6) is -0.325. The van der Waals surface area contributed by atoms with Gasteiger partial charge in [-0.15, -0.1) is 11.3 Å². The van der Waals surface area contributed by atoms with Crippen LogP contribution in [0.15, 0.2) is 28.1 Å². The van der Waals surface area contributed by atoms with E-state index in [1.165, 1.54) is 11.3 Å². The van der Waals surface area contributed by atoms with Crippen molar-refractivity contribution < 1.29 is 14.3 Å². The van der Waals surface area contributed by atoms with Gasteiger partial charge < -0.3 is 10.5 Å². The van der Waals surface area contributed by atoms with E-state index < -0.39 is 5.91 Å². The first-order valence-corrected chi connectivity index (χ1v) is 8.09. The smallest absolute Gasteiger partial charge is 0.264 e. The lowest BCUT2D eigenvalue weighted by molar-refractivity contribution is -0.118. The Morgan fingerprint density at radius 3 is 2.91 bits per heavy atom. The summed E-state index contributed by atoms with van der Waals surface area (Å²) in [6.45, 7) is -0.176. The number of nitrogens with two attached hydrogens (primary N) is 1. The number of primary amides is 1. The van der Waals surface area contributed by atoms with Crippen molar-refractivity contribution in [3.05, 3.63) is 38.8 Å². The van der Waals surface area contributed by atoms with E-state index in [0.717, 1.165) is 0 Å². The molecule has 1 aromatic carbocycles. The lowest BCUT2D eigenvalue weighted by Gasteiger charge is -2.07. The van der Waals surface area contributed by atoms with Gasteiger partial charge in [-0.2, -0.15) is 0 Å². The fourth-order valence-corrected chi connectivity index (χ4v) is 3.04. The van der Waals surface area contributed by atoms with E-state index in [2.05, 4.69) is 26.2 Å². The van der Waals surface area contributed by atoms with E-state index >= 15 is 0 Å². The second-order valence-electron chi connectivity index (χ2n) is 4.20. The van der Waals surface area contributed by atoms with Crippen LogP contribution in [0.25, 0.3) is 0 Å². The Kier molecular flexibility index (Phi) is 5.76. The number of hydrogen-bond acceptors (Lipinski definition) is 5. The fraction of sp³-hybridized carbons (Fsp3) is 0.154. The number of carbonyl (C=O) groups is 2. The largest absolute Gasteiger partial charge is 0.483 e. The Morgan fingerprint density at radius 2 is 2.23 bits per heavy atom. The Labute approximate surface area is 143 Å². The number of amides is 2. The molecule has 3 N–H and O–H groups in total. The topological polar surface area (TPSA) is 94.3 Å². The third kappa shape index (κ3) is 4.97. The maximum atomic E-state index is 11.8. The lowest BCUT2D eigenvalue weighted by Crippen LogP contribution is -2.20. The minimum Gasteiger partial charge on any atom is -0.483 e. The second kappa shape index (κ2) is 7.57. The molecule has 9 heteroatoms. The minimum absolute atomic E-state index is 0.0423. The van der Waals surface area contributed by atoms with Crippen LogP contribution in [0.1, 0.15) is 5.69 Å². The molecular weight excluding hydrogens is 394 g/mol. The maximum Gasteiger partial charge on any atom is 0.264 e. The van der Waals surface area contributed by atoms with Crippen molar-refractivity contribution >= 4 is 55.8 Å². The van der Waals surface area contributed by atoms with E-state index in [9.17, 15) is 9.59 Å². The first kappa shape index (κ1) is 16.7. The van der Waals surface area contributed by atoms with Gasteiger partial charge in [-0.25, -0.2) is 4.98 Å². The Hall–Kier alpha value is -1.64. The Bertz CT molecular complexity index is 708. The van der Waals surface area contributed by atoms with Gasteiger partial charge in [-0.05, 0) is 34.1 Å². The average molecular weight is 405 g/mol. The Morgan fingerprint density at radius 1 is 1.45 bits per heavy atom. The third-order valence-electron chi connectivity index (χ3n) is 2.41. The summed E-state index contributed by atoms with van der Waals surface area (Å²) in [6, 6.07) is 5.00. The van der Waals surface area contributed by atoms with E-state index in [1.807, 2.05) is 0 Å². The maximum absolute atomic E-state index is 11.8. The number of anilines is 1. The highest BCUT2D eigenvalue weighted by atomic mass is 79.9. The molecule has 22 heavy (non-hydrogen) atoms. The van der Waals surface area contributed by atoms with Gasteiger partial charge in [-0.3, -0.25) is 14.9 Å². The van der Waals surface area contributed by atoms with Gasteiger partial charge in [0.05, 0.1) is 16.6 Å². The molecule has 1 heterocycles. The highest BCUT2D eigenvalue weighted by molar-refractivity contribution is 9.10. The average Bonchev–Trinajstić information content (AvgIpc) is 2.84. The van der Waals surface area contributed by atoms with Crippen molar-refractivity contribution in [2.24, 2.45) is 5.73 Å². The molecular formula is C13H11BrClN3O3S. The standard InChI is InChI=1S/C13H11BrClN3O3S/c14-9-3-7(15)1-2-10(9)21-5-12(20)18-13-17-8(6-22-13)4-11(16)19/h1-3,6H,4-5H2,(H2,16,19)(H,17,18,20). The minimum atomic E-state index is -0.473. The molecule has 0 saturated carbocycles. The highest BCUT2D eigenvalue weighted by Gasteiger charge is 2.10. The van der Waals surface area contributed by atoms with Gasteiger partial charge in [-0.1, -0.05) is 11.6 Å². The molecule has 1 aromatic heterocycles. The molecule has 0 fully saturated rings. The van der Waals surface area contributed by atoms with Crippen LogP contribution >= 0.6 is 38.9 Å². The monoisotopic (exact) mass is 403 g/mol. The first-order valence-electron chi connectivity index (χ1n) is 6.04. The predicted molar refractivity (Wildman–Crippen MR) is 88.3 cm³/mol. The molecule has 0 saturated heterocycles. The number of benzene rings is 1. The summed E-state index contributed by atoms with van der Waals surface area (Å²) in [6.07, 6.45) is 0.0423. The van der Waals surface area contributed by atoms with Gasteiger partial charge in [0, 0.05) is 10.4 Å². The van der Waals surface area contributed by atoms with Gasteiger partial charge in [0.25, 0.3) is 5.91 Å². The quantitative estimate of drug-likeness (QED) is 0.774. The summed E-state index contributed by atoms with van der Waals surface area (Å²) in [7, 11) is 0. The van der Waals surface area contributed by atoms with Crippen molar-refractivity contribution in [1.29, 1.82) is 0 Å². The molecule has 0 aliphatic heterocycles. The van der Waals surface area contributed by atoms with Crippen LogP contribution in [0.3, 0.4) is 0 Å². The molecule has 116 valence electrons. The van der Waals surface area contributed by atoms with Crippen LogP contribution in [-0.2, 0) is 16.0 Å². The number of carbonyl (C=O) groups excluding carboxylic acids is 2. The van der Waals surface area contributed by atoms with Crippen molar-refractivity contribution in [3.63, 3.8) is 0 Å². The highest BCUT2D eigenvalue weighted by Crippen LogP contribution is 2.27. The van der Waals surface area contributed by atoms with Crippen LogP contribution in [0.2, 0.25) is 5.02 Å². The number of thiazole rings is 1. The zero-order valence-electron chi connectivity index (χ0n) is 11.1. The summed E-state index contributed by atoms with van der Waals surface area (Å²) in [4.78, 5) is 26.7. The second-order valence-corrected chi connectivity index (χ2v) is 6.35. The molecule has 0 atom stereocenters. The van der Waals surface area contributed by atoms with Crippen LogP contribution in [0.5, 0.6) is 5.75 Å². The normalized spacial score (nSPS) is 10.3. The number of halogens is 2. The fourth-order valence-electron chi connectivity index (χ4n) is 1.52. The molecule has 0 spiro atoms. The van der Waals surface area contributed by atoms with E-state index in [4.69, 9.17) is 22.1 Å². The van der Waals surface area contributed by atoms with Crippen molar-refractivity contribution in [2.75, 3.05) is 11.9 Å². The number of ether oxygens (including phenoxy) is 1.